The van der Waals surface area contributed by atoms with Crippen molar-refractivity contribution < 1.29 is 9.84 Å². The van der Waals surface area contributed by atoms with E-state index in [9.17, 15) is 5.11 Å². The molecule has 20 heavy (non-hydrogen) atoms. The van der Waals surface area contributed by atoms with Crippen LogP contribution in [-0.2, 0) is 0 Å². The molecular weight excluding hydrogens is 301 g/mol. The zero-order valence-corrected chi connectivity index (χ0v) is 12.4. The molecule has 0 saturated carbocycles. The van der Waals surface area contributed by atoms with Crippen LogP contribution in [0.1, 0.15) is 0 Å². The molecule has 5 nitrogen and oxygen atoms in total. The van der Waals surface area contributed by atoms with Crippen LogP contribution in [0.2, 0.25) is 0 Å². The molecule has 2 aromatic rings. The number of benzene rings is 2. The normalized spacial score (nSPS) is 9.05. The van der Waals surface area contributed by atoms with Crippen molar-refractivity contribution in [2.24, 2.45) is 0 Å². The van der Waals surface area contributed by atoms with Crippen molar-refractivity contribution in [2.45, 2.75) is 0 Å². The minimum absolute atomic E-state index is 0. The van der Waals surface area contributed by atoms with E-state index < -0.39 is 0 Å². The number of ether oxygens (including phenoxy) is 1. The molecule has 2 aromatic carbocycles. The lowest BCUT2D eigenvalue weighted by molar-refractivity contribution is 0.419. The fraction of sp³-hybridized carbons (Fsp3) is 0.0769. The van der Waals surface area contributed by atoms with Crippen molar-refractivity contribution in [2.75, 3.05) is 23.9 Å². The second-order valence-corrected chi connectivity index (χ2v) is 3.82. The Hall–Kier alpha value is -1.98. The molecule has 0 spiro atoms. The third kappa shape index (κ3) is 3.76. The van der Waals surface area contributed by atoms with Crippen LogP contribution in [0.4, 0.5) is 22.7 Å². The number of phenols is 1. The second kappa shape index (κ2) is 7.57. The summed E-state index contributed by atoms with van der Waals surface area (Å²) in [6.45, 7) is 0. The smallest absolute Gasteiger partial charge is 0.166 e. The lowest BCUT2D eigenvalue weighted by Crippen LogP contribution is -2.02. The van der Waals surface area contributed by atoms with Gasteiger partial charge in [0.25, 0.3) is 0 Å². The van der Waals surface area contributed by atoms with E-state index in [0.29, 0.717) is 22.8 Å². The largest absolute Gasteiger partial charge is 0.508 e. The molecule has 0 aliphatic rings. The van der Waals surface area contributed by atoms with E-state index >= 15 is 0 Å². The summed E-state index contributed by atoms with van der Waals surface area (Å²) in [4.78, 5) is 0. The Labute approximate surface area is 129 Å². The van der Waals surface area contributed by atoms with E-state index in [2.05, 4.69) is 5.32 Å². The van der Waals surface area contributed by atoms with Gasteiger partial charge in [-0.3, -0.25) is 0 Å². The zero-order chi connectivity index (χ0) is 13.1. The highest BCUT2D eigenvalue weighted by Crippen LogP contribution is 2.36. The Kier molecular flexibility index (Phi) is 6.82. The molecule has 7 heteroatoms. The number of hydrogen-bond acceptors (Lipinski definition) is 5. The summed E-state index contributed by atoms with van der Waals surface area (Å²) in [5.41, 5.74) is 14.2. The number of phenolic OH excluding ortho intramolecular Hbond substituents is 1. The number of anilines is 4. The van der Waals surface area contributed by atoms with Gasteiger partial charge in [-0.2, -0.15) is 0 Å². The molecule has 0 fully saturated rings. The average molecular weight is 318 g/mol. The summed E-state index contributed by atoms with van der Waals surface area (Å²) >= 11 is 0. The summed E-state index contributed by atoms with van der Waals surface area (Å²) in [6, 6.07) is 10.2. The first-order chi connectivity index (χ1) is 8.61. The SMILES string of the molecule is COc1c(N)ccc(Nc2ccc(O)cc2)c1N.Cl.Cl. The van der Waals surface area contributed by atoms with Crippen LogP contribution in [0, 0.1) is 0 Å². The van der Waals surface area contributed by atoms with Crippen LogP contribution >= 0.6 is 24.8 Å². The fourth-order valence-electron chi connectivity index (χ4n) is 1.65. The Morgan fingerprint density at radius 3 is 2.15 bits per heavy atom. The van der Waals surface area contributed by atoms with Gasteiger partial charge in [-0.25, -0.2) is 0 Å². The Morgan fingerprint density at radius 2 is 1.60 bits per heavy atom. The first kappa shape index (κ1) is 18.0. The van der Waals surface area contributed by atoms with Crippen molar-refractivity contribution in [3.63, 3.8) is 0 Å². The fourth-order valence-corrected chi connectivity index (χ4v) is 1.65. The van der Waals surface area contributed by atoms with Gasteiger partial charge in [0.1, 0.15) is 11.4 Å². The lowest BCUT2D eigenvalue weighted by atomic mass is 10.2. The molecule has 6 N–H and O–H groups in total. The lowest BCUT2D eigenvalue weighted by Gasteiger charge is -2.14. The van der Waals surface area contributed by atoms with Crippen molar-refractivity contribution in [1.82, 2.24) is 0 Å². The highest BCUT2D eigenvalue weighted by molar-refractivity contribution is 5.85. The maximum Gasteiger partial charge on any atom is 0.166 e. The zero-order valence-electron chi connectivity index (χ0n) is 10.8. The number of nitrogens with one attached hydrogen (secondary N) is 1. The van der Waals surface area contributed by atoms with Gasteiger partial charge in [-0.15, -0.1) is 24.8 Å². The molecule has 0 bridgehead atoms. The van der Waals surface area contributed by atoms with Gasteiger partial charge in [-0.05, 0) is 36.4 Å². The monoisotopic (exact) mass is 317 g/mol. The van der Waals surface area contributed by atoms with Crippen LogP contribution in [0.25, 0.3) is 0 Å². The highest BCUT2D eigenvalue weighted by atomic mass is 35.5. The second-order valence-electron chi connectivity index (χ2n) is 3.82. The average Bonchev–Trinajstić information content (AvgIpc) is 2.36. The number of hydrogen-bond donors (Lipinski definition) is 4. The minimum Gasteiger partial charge on any atom is -0.508 e. The van der Waals surface area contributed by atoms with E-state index in [1.54, 1.807) is 36.4 Å². The molecule has 0 aliphatic carbocycles. The van der Waals surface area contributed by atoms with Crippen LogP contribution in [0.15, 0.2) is 36.4 Å². The Bertz CT molecular complexity index is 562. The third-order valence-corrected chi connectivity index (χ3v) is 2.58. The number of aromatic hydroxyl groups is 1. The van der Waals surface area contributed by atoms with Gasteiger partial charge < -0.3 is 26.6 Å². The summed E-state index contributed by atoms with van der Waals surface area (Å²) < 4.78 is 5.14. The molecule has 0 amide bonds. The van der Waals surface area contributed by atoms with Crippen molar-refractivity contribution in [1.29, 1.82) is 0 Å². The van der Waals surface area contributed by atoms with Crippen LogP contribution < -0.4 is 21.5 Å². The Balaban J connectivity index is 0.00000180. The maximum atomic E-state index is 9.21. The van der Waals surface area contributed by atoms with Gasteiger partial charge in [-0.1, -0.05) is 0 Å². The van der Waals surface area contributed by atoms with Gasteiger partial charge in [0, 0.05) is 5.69 Å². The molecule has 0 atom stereocenters. The van der Waals surface area contributed by atoms with Crippen LogP contribution in [-0.4, -0.2) is 12.2 Å². The summed E-state index contributed by atoms with van der Waals surface area (Å²) in [6.07, 6.45) is 0. The van der Waals surface area contributed by atoms with Gasteiger partial charge in [0.05, 0.1) is 18.5 Å². The molecule has 0 unspecified atom stereocenters. The molecule has 0 aliphatic heterocycles. The number of nitrogen functional groups attached to an aromatic ring is 2. The summed E-state index contributed by atoms with van der Waals surface area (Å²) in [5, 5.41) is 12.3. The van der Waals surface area contributed by atoms with E-state index in [1.165, 1.54) is 7.11 Å². The molecular formula is C13H17Cl2N3O2. The summed E-state index contributed by atoms with van der Waals surface area (Å²) in [5.74, 6) is 0.669. The van der Waals surface area contributed by atoms with Gasteiger partial charge in [0.15, 0.2) is 5.75 Å². The maximum absolute atomic E-state index is 9.21. The number of methoxy groups -OCH3 is 1. The van der Waals surface area contributed by atoms with Gasteiger partial charge in [0.2, 0.25) is 0 Å². The van der Waals surface area contributed by atoms with Gasteiger partial charge >= 0.3 is 0 Å². The quantitative estimate of drug-likeness (QED) is 0.515. The van der Waals surface area contributed by atoms with Crippen LogP contribution in [0.5, 0.6) is 11.5 Å². The van der Waals surface area contributed by atoms with E-state index in [4.69, 9.17) is 16.2 Å². The molecule has 2 rings (SSSR count). The first-order valence-corrected chi connectivity index (χ1v) is 5.40. The minimum atomic E-state index is 0. The molecule has 0 saturated heterocycles. The number of halogens is 2. The molecule has 0 heterocycles. The molecule has 110 valence electrons. The predicted octanol–water partition coefficient (Wildman–Crippen LogP) is 3.15. The van der Waals surface area contributed by atoms with E-state index in [0.717, 1.165) is 5.69 Å². The standard InChI is InChI=1S/C13H15N3O2.2ClH/c1-18-13-10(14)6-7-11(12(13)15)16-8-2-4-9(17)5-3-8;;/h2-7,16-17H,14-15H2,1H3;2*1H. The van der Waals surface area contributed by atoms with Crippen LogP contribution in [0.3, 0.4) is 0 Å². The van der Waals surface area contributed by atoms with Crippen molar-refractivity contribution >= 4 is 47.6 Å². The number of rotatable bonds is 3. The molecule has 0 aromatic heterocycles. The predicted molar refractivity (Wildman–Crippen MR) is 87.7 cm³/mol. The Morgan fingerprint density at radius 1 is 1.00 bits per heavy atom. The first-order valence-electron chi connectivity index (χ1n) is 5.40. The van der Waals surface area contributed by atoms with Crippen molar-refractivity contribution in [3.05, 3.63) is 36.4 Å². The summed E-state index contributed by atoms with van der Waals surface area (Å²) in [7, 11) is 1.52. The molecule has 0 radical (unpaired) electrons. The number of nitrogens with two attached hydrogens (primary N) is 2. The van der Waals surface area contributed by atoms with Crippen molar-refractivity contribution in [3.8, 4) is 11.5 Å². The topological polar surface area (TPSA) is 93.5 Å². The third-order valence-electron chi connectivity index (χ3n) is 2.58. The highest BCUT2D eigenvalue weighted by Gasteiger charge is 2.09. The van der Waals surface area contributed by atoms with E-state index in [-0.39, 0.29) is 30.6 Å². The van der Waals surface area contributed by atoms with E-state index in [1.807, 2.05) is 0 Å².